The average molecular weight is 363 g/mol. The van der Waals surface area contributed by atoms with E-state index in [4.69, 9.17) is 18.9 Å². The van der Waals surface area contributed by atoms with E-state index in [1.165, 1.54) is 0 Å². The molecular formula is C20H29NO5. The number of benzene rings is 1. The molecule has 1 amide bonds. The van der Waals surface area contributed by atoms with Gasteiger partial charge in [0, 0.05) is 13.2 Å². The Balaban J connectivity index is 2.15. The summed E-state index contributed by atoms with van der Waals surface area (Å²) in [7, 11) is 0. The van der Waals surface area contributed by atoms with Gasteiger partial charge >= 0.3 is 6.09 Å². The lowest BCUT2D eigenvalue weighted by Crippen LogP contribution is -2.41. The van der Waals surface area contributed by atoms with E-state index < -0.39 is 5.60 Å². The zero-order valence-corrected chi connectivity index (χ0v) is 16.3. The van der Waals surface area contributed by atoms with Crippen molar-refractivity contribution in [2.75, 3.05) is 31.3 Å². The molecule has 0 bridgehead atoms. The Morgan fingerprint density at radius 2 is 1.96 bits per heavy atom. The van der Waals surface area contributed by atoms with Crippen LogP contribution in [0.15, 0.2) is 24.3 Å². The van der Waals surface area contributed by atoms with Gasteiger partial charge in [-0.05, 0) is 58.4 Å². The highest BCUT2D eigenvalue weighted by Gasteiger charge is 2.28. The van der Waals surface area contributed by atoms with Crippen molar-refractivity contribution in [1.29, 1.82) is 0 Å². The van der Waals surface area contributed by atoms with Crippen molar-refractivity contribution in [3.8, 4) is 5.75 Å². The quantitative estimate of drug-likeness (QED) is 0.708. The number of carbonyl (C=O) groups excluding carboxylic acids is 1. The number of fused-ring (bicyclic) bond motifs is 1. The molecule has 1 heterocycles. The molecule has 1 aliphatic rings. The number of rotatable bonds is 6. The maximum Gasteiger partial charge on any atom is 0.415 e. The summed E-state index contributed by atoms with van der Waals surface area (Å²) in [5.74, 6) is 0.661. The standard InChI is InChI=1S/C20H29NO5/c1-6-23-18(24-7-2)11-9-15-8-10-16-17(14-15)25-13-12-21(16)19(22)26-20(3,4)5/h8-11,14,18H,6-7,12-13H2,1-5H3/b11-9+. The summed E-state index contributed by atoms with van der Waals surface area (Å²) < 4.78 is 22.2. The van der Waals surface area contributed by atoms with Gasteiger partial charge in [-0.1, -0.05) is 12.1 Å². The van der Waals surface area contributed by atoms with E-state index in [2.05, 4.69) is 0 Å². The minimum Gasteiger partial charge on any atom is -0.490 e. The molecule has 0 saturated heterocycles. The molecule has 0 atom stereocenters. The number of nitrogens with zero attached hydrogens (tertiary/aromatic N) is 1. The van der Waals surface area contributed by atoms with Gasteiger partial charge in [0.15, 0.2) is 6.29 Å². The molecule has 2 rings (SSSR count). The highest BCUT2D eigenvalue weighted by atomic mass is 16.7. The molecule has 1 aromatic carbocycles. The first-order valence-corrected chi connectivity index (χ1v) is 9.02. The van der Waals surface area contributed by atoms with Crippen molar-refractivity contribution in [2.45, 2.75) is 46.5 Å². The Labute approximate surface area is 155 Å². The van der Waals surface area contributed by atoms with Gasteiger partial charge in [-0.3, -0.25) is 4.90 Å². The van der Waals surface area contributed by atoms with Crippen LogP contribution >= 0.6 is 0 Å². The van der Waals surface area contributed by atoms with Gasteiger partial charge in [-0.15, -0.1) is 0 Å². The molecule has 0 radical (unpaired) electrons. The molecular weight excluding hydrogens is 334 g/mol. The van der Waals surface area contributed by atoms with E-state index >= 15 is 0 Å². The van der Waals surface area contributed by atoms with E-state index in [-0.39, 0.29) is 12.4 Å². The monoisotopic (exact) mass is 363 g/mol. The minimum absolute atomic E-state index is 0.363. The van der Waals surface area contributed by atoms with Crippen molar-refractivity contribution >= 4 is 17.9 Å². The van der Waals surface area contributed by atoms with Gasteiger partial charge in [0.2, 0.25) is 0 Å². The zero-order valence-electron chi connectivity index (χ0n) is 16.3. The first-order valence-electron chi connectivity index (χ1n) is 9.02. The summed E-state index contributed by atoms with van der Waals surface area (Å²) in [5, 5.41) is 0. The Morgan fingerprint density at radius 3 is 2.58 bits per heavy atom. The Bertz CT molecular complexity index is 630. The smallest absolute Gasteiger partial charge is 0.415 e. The van der Waals surface area contributed by atoms with Gasteiger partial charge in [0.05, 0.1) is 12.2 Å². The van der Waals surface area contributed by atoms with Crippen molar-refractivity contribution in [3.63, 3.8) is 0 Å². The number of amides is 1. The van der Waals surface area contributed by atoms with Crippen LogP contribution in [0.4, 0.5) is 10.5 Å². The molecule has 0 N–H and O–H groups in total. The van der Waals surface area contributed by atoms with Crippen LogP contribution in [-0.2, 0) is 14.2 Å². The third-order valence-electron chi connectivity index (χ3n) is 3.57. The van der Waals surface area contributed by atoms with Gasteiger partial charge in [-0.2, -0.15) is 0 Å². The van der Waals surface area contributed by atoms with Crippen LogP contribution in [0.1, 0.15) is 40.2 Å². The van der Waals surface area contributed by atoms with E-state index in [9.17, 15) is 4.79 Å². The summed E-state index contributed by atoms with van der Waals surface area (Å²) in [6.45, 7) is 11.5. The maximum absolute atomic E-state index is 12.4. The van der Waals surface area contributed by atoms with Gasteiger partial charge < -0.3 is 18.9 Å². The summed E-state index contributed by atoms with van der Waals surface area (Å²) in [5.41, 5.74) is 1.12. The number of ether oxygens (including phenoxy) is 4. The molecule has 1 aromatic rings. The lowest BCUT2D eigenvalue weighted by atomic mass is 10.1. The third kappa shape index (κ3) is 5.75. The largest absolute Gasteiger partial charge is 0.490 e. The third-order valence-corrected chi connectivity index (χ3v) is 3.57. The Hall–Kier alpha value is -2.05. The summed E-state index contributed by atoms with van der Waals surface area (Å²) >= 11 is 0. The molecule has 0 saturated carbocycles. The molecule has 144 valence electrons. The van der Waals surface area contributed by atoms with Crippen molar-refractivity contribution in [2.24, 2.45) is 0 Å². The zero-order chi connectivity index (χ0) is 19.2. The first kappa shape index (κ1) is 20.3. The predicted octanol–water partition coefficient (Wildman–Crippen LogP) is 4.23. The fraction of sp³-hybridized carbons (Fsp3) is 0.550. The highest BCUT2D eigenvalue weighted by molar-refractivity contribution is 5.90. The number of hydrogen-bond acceptors (Lipinski definition) is 5. The second-order valence-electron chi connectivity index (χ2n) is 6.85. The maximum atomic E-state index is 12.4. The summed E-state index contributed by atoms with van der Waals surface area (Å²) in [6, 6.07) is 5.70. The molecule has 0 fully saturated rings. The fourth-order valence-electron chi connectivity index (χ4n) is 2.52. The molecule has 0 aliphatic carbocycles. The predicted molar refractivity (Wildman–Crippen MR) is 102 cm³/mol. The van der Waals surface area contributed by atoms with E-state index in [0.29, 0.717) is 37.8 Å². The normalized spacial score (nSPS) is 14.5. The van der Waals surface area contributed by atoms with Crippen molar-refractivity contribution < 1.29 is 23.7 Å². The van der Waals surface area contributed by atoms with E-state index in [0.717, 1.165) is 5.56 Å². The van der Waals surface area contributed by atoms with Crippen LogP contribution in [0, 0.1) is 0 Å². The number of hydrogen-bond donors (Lipinski definition) is 0. The number of carbonyl (C=O) groups is 1. The lowest BCUT2D eigenvalue weighted by Gasteiger charge is -2.31. The molecule has 6 heteroatoms. The van der Waals surface area contributed by atoms with Crippen molar-refractivity contribution in [1.82, 2.24) is 0 Å². The molecule has 0 aromatic heterocycles. The highest BCUT2D eigenvalue weighted by Crippen LogP contribution is 2.33. The van der Waals surface area contributed by atoms with E-state index in [1.54, 1.807) is 4.90 Å². The van der Waals surface area contributed by atoms with Crippen LogP contribution in [0.5, 0.6) is 5.75 Å². The SMILES string of the molecule is CCOC(/C=C/c1ccc2c(c1)OCCN2C(=O)OC(C)(C)C)OCC. The van der Waals surface area contributed by atoms with E-state index in [1.807, 2.05) is 65.0 Å². The van der Waals surface area contributed by atoms with Gasteiger partial charge in [0.25, 0.3) is 0 Å². The summed E-state index contributed by atoms with van der Waals surface area (Å²) in [6.07, 6.45) is 3.05. The molecule has 0 spiro atoms. The molecule has 6 nitrogen and oxygen atoms in total. The van der Waals surface area contributed by atoms with Crippen molar-refractivity contribution in [3.05, 3.63) is 29.8 Å². The van der Waals surface area contributed by atoms with Crippen LogP contribution in [-0.4, -0.2) is 44.3 Å². The Kier molecular flexibility index (Phi) is 7.06. The van der Waals surface area contributed by atoms with Crippen LogP contribution in [0.2, 0.25) is 0 Å². The second kappa shape index (κ2) is 9.05. The minimum atomic E-state index is -0.536. The molecule has 26 heavy (non-hydrogen) atoms. The topological polar surface area (TPSA) is 57.2 Å². The lowest BCUT2D eigenvalue weighted by molar-refractivity contribution is -0.103. The first-order chi connectivity index (χ1) is 12.3. The molecule has 0 unspecified atom stereocenters. The van der Waals surface area contributed by atoms with Gasteiger partial charge in [0.1, 0.15) is 18.0 Å². The van der Waals surface area contributed by atoms with Crippen LogP contribution < -0.4 is 9.64 Å². The van der Waals surface area contributed by atoms with Crippen LogP contribution in [0.3, 0.4) is 0 Å². The fourth-order valence-corrected chi connectivity index (χ4v) is 2.52. The summed E-state index contributed by atoms with van der Waals surface area (Å²) in [4.78, 5) is 14.0. The van der Waals surface area contributed by atoms with Crippen LogP contribution in [0.25, 0.3) is 6.08 Å². The second-order valence-corrected chi connectivity index (χ2v) is 6.85. The average Bonchev–Trinajstić information content (AvgIpc) is 2.57. The van der Waals surface area contributed by atoms with Gasteiger partial charge in [-0.25, -0.2) is 4.79 Å². The molecule has 1 aliphatic heterocycles. The Morgan fingerprint density at radius 1 is 1.27 bits per heavy atom. The number of anilines is 1.